The molecule has 330 valence electrons. The predicted molar refractivity (Wildman–Crippen MR) is 219 cm³/mol. The van der Waals surface area contributed by atoms with Crippen molar-refractivity contribution in [2.45, 2.75) is 144 Å². The third-order valence-electron chi connectivity index (χ3n) is 19.9. The molecule has 12 rings (SSSR count). The number of aliphatic hydroxyl groups is 4. The predicted octanol–water partition coefficient (Wildman–Crippen LogP) is 1.09. The summed E-state index contributed by atoms with van der Waals surface area (Å²) in [6.07, 6.45) is 6.02. The van der Waals surface area contributed by atoms with Crippen molar-refractivity contribution in [2.75, 3.05) is 32.2 Å². The topological polar surface area (TPSA) is 163 Å². The molecule has 0 aromatic heterocycles. The van der Waals surface area contributed by atoms with Crippen LogP contribution in [0.25, 0.3) is 0 Å². The number of carbonyl (C=O) groups excluding carboxylic acids is 3. The van der Waals surface area contributed by atoms with E-state index in [4.69, 9.17) is 14.2 Å². The lowest BCUT2D eigenvalue weighted by Gasteiger charge is -2.67. The van der Waals surface area contributed by atoms with Gasteiger partial charge in [-0.25, -0.2) is 9.59 Å². The second kappa shape index (κ2) is 14.0. The molecule has 1 aromatic rings. The van der Waals surface area contributed by atoms with Gasteiger partial charge < -0.3 is 56.5 Å². The molecular formula is C46H62Br2N2O10. The fourth-order valence-electron chi connectivity index (χ4n) is 17.9. The minimum absolute atomic E-state index is 0. The number of likely N-dealkylation sites (N-methyl/N-ethyl adjacent to an activating group) is 1. The Morgan fingerprint density at radius 1 is 1.00 bits per heavy atom. The van der Waals surface area contributed by atoms with Gasteiger partial charge >= 0.3 is 17.9 Å². The molecule has 9 fully saturated rings. The Kier molecular flexibility index (Phi) is 10.1. The van der Waals surface area contributed by atoms with Crippen LogP contribution in [0.3, 0.4) is 0 Å². The van der Waals surface area contributed by atoms with Crippen LogP contribution in [-0.4, -0.2) is 118 Å². The maximum atomic E-state index is 14.6. The molecule has 4 saturated heterocycles. The lowest BCUT2D eigenvalue weighted by atomic mass is 9.41. The normalized spacial score (nSPS) is 50.8. The van der Waals surface area contributed by atoms with Crippen LogP contribution >= 0.6 is 17.0 Å². The first-order valence-electron chi connectivity index (χ1n) is 22.3. The Labute approximate surface area is 373 Å². The van der Waals surface area contributed by atoms with Crippen LogP contribution in [0.15, 0.2) is 35.9 Å². The molecule has 0 radical (unpaired) electrons. The molecule has 11 aliphatic rings. The average molecular weight is 963 g/mol. The number of hydrogen-bond donors (Lipinski definition) is 4. The first-order valence-corrected chi connectivity index (χ1v) is 22.3. The summed E-state index contributed by atoms with van der Waals surface area (Å²) in [5.74, 6) is -1.64. The molecule has 1 spiro atoms. The van der Waals surface area contributed by atoms with Crippen LogP contribution in [0, 0.1) is 46.3 Å². The number of halogens is 2. The molecule has 5 unspecified atom stereocenters. The minimum Gasteiger partial charge on any atom is -1.00 e. The molecule has 6 aliphatic heterocycles. The number of hydrogen-bond acceptors (Lipinski definition) is 11. The third-order valence-corrected chi connectivity index (χ3v) is 19.9. The molecule has 5 aliphatic carbocycles. The second-order valence-electron chi connectivity index (χ2n) is 20.9. The maximum absolute atomic E-state index is 14.6. The molecule has 1 aromatic carbocycles. The van der Waals surface area contributed by atoms with E-state index in [2.05, 4.69) is 44.0 Å². The number of nitrogens with zero attached hydrogens (tertiary/aromatic N) is 2. The Morgan fingerprint density at radius 2 is 1.75 bits per heavy atom. The van der Waals surface area contributed by atoms with Crippen molar-refractivity contribution in [3.63, 3.8) is 0 Å². The van der Waals surface area contributed by atoms with Gasteiger partial charge in [0.2, 0.25) is 0 Å². The van der Waals surface area contributed by atoms with Crippen LogP contribution in [0.1, 0.15) is 96.5 Å². The number of fused-ring (bicyclic) bond motifs is 7. The number of rotatable bonds is 6. The number of anilines is 1. The van der Waals surface area contributed by atoms with E-state index < -0.39 is 57.8 Å². The van der Waals surface area contributed by atoms with Gasteiger partial charge in [-0.15, -0.1) is 17.0 Å². The van der Waals surface area contributed by atoms with E-state index in [1.54, 1.807) is 6.08 Å². The Balaban J connectivity index is 0.00000231. The van der Waals surface area contributed by atoms with E-state index >= 15 is 0 Å². The van der Waals surface area contributed by atoms with Crippen LogP contribution in [0.5, 0.6) is 0 Å². The lowest BCUT2D eigenvalue weighted by molar-refractivity contribution is -1.03. The number of quaternary nitrogens is 1. The van der Waals surface area contributed by atoms with Gasteiger partial charge in [0.05, 0.1) is 47.3 Å². The summed E-state index contributed by atoms with van der Waals surface area (Å²) in [6, 6.07) is 8.21. The lowest BCUT2D eigenvalue weighted by Crippen LogP contribution is -3.00. The first kappa shape index (κ1) is 43.2. The van der Waals surface area contributed by atoms with Crippen LogP contribution in [0.2, 0.25) is 0 Å². The van der Waals surface area contributed by atoms with Gasteiger partial charge in [-0.1, -0.05) is 32.0 Å². The van der Waals surface area contributed by atoms with Gasteiger partial charge in [0, 0.05) is 55.3 Å². The zero-order chi connectivity index (χ0) is 40.5. The van der Waals surface area contributed by atoms with E-state index in [1.165, 1.54) is 12.7 Å². The van der Waals surface area contributed by atoms with Crippen molar-refractivity contribution in [2.24, 2.45) is 46.3 Å². The highest BCUT2D eigenvalue weighted by molar-refractivity contribution is 8.93. The highest BCUT2D eigenvalue weighted by Gasteiger charge is 2.83. The smallest absolute Gasteiger partial charge is 0.362 e. The molecule has 5 saturated carbocycles. The largest absolute Gasteiger partial charge is 1.00 e. The molecule has 0 amide bonds. The molecule has 18 atom stereocenters. The summed E-state index contributed by atoms with van der Waals surface area (Å²) in [7, 11) is 3.48. The zero-order valence-corrected chi connectivity index (χ0v) is 38.4. The first-order chi connectivity index (χ1) is 27.7. The number of carbonyl (C=O) groups is 3. The van der Waals surface area contributed by atoms with Gasteiger partial charge in [-0.05, 0) is 98.7 Å². The summed E-state index contributed by atoms with van der Waals surface area (Å²) in [6.45, 7) is 4.49. The second-order valence-corrected chi connectivity index (χ2v) is 20.9. The number of methoxy groups -OCH3 is 1. The van der Waals surface area contributed by atoms with E-state index in [0.717, 1.165) is 30.5 Å². The Hall–Kier alpha value is -2.07. The van der Waals surface area contributed by atoms with Crippen molar-refractivity contribution in [3.05, 3.63) is 41.5 Å². The van der Waals surface area contributed by atoms with Gasteiger partial charge in [0.25, 0.3) is 0 Å². The Morgan fingerprint density at radius 3 is 2.47 bits per heavy atom. The van der Waals surface area contributed by atoms with Crippen molar-refractivity contribution in [1.29, 1.82) is 0 Å². The van der Waals surface area contributed by atoms with E-state index in [1.807, 2.05) is 6.07 Å². The van der Waals surface area contributed by atoms with Crippen molar-refractivity contribution in [3.8, 4) is 0 Å². The molecule has 6 heterocycles. The monoisotopic (exact) mass is 960 g/mol. The highest BCUT2D eigenvalue weighted by Crippen LogP contribution is 2.73. The molecule has 4 N–H and O–H groups in total. The third kappa shape index (κ3) is 4.83. The fraction of sp³-hybridized carbons (Fsp3) is 0.761. The van der Waals surface area contributed by atoms with Gasteiger partial charge in [0.15, 0.2) is 12.8 Å². The molecule has 12 nitrogen and oxygen atoms in total. The van der Waals surface area contributed by atoms with Crippen molar-refractivity contribution in [1.82, 2.24) is 0 Å². The van der Waals surface area contributed by atoms with Crippen LogP contribution in [0.4, 0.5) is 5.69 Å². The number of cyclic esters (lactones) is 1. The molecular weight excluding hydrogens is 900 g/mol. The fourth-order valence-corrected chi connectivity index (χ4v) is 17.9. The molecule has 60 heavy (non-hydrogen) atoms. The standard InChI is InChI=1S/C46H61N2O10.2BrH/c1-5-26-27-19-33-38-44(31-8-6-7-9-32(31)47(38)3)21-34(37(27)39(44)51)48(33,40(26)52)22-36(50)58-25-10-16-45(41(53)56-4)29-11-14-42(2)28(24-18-35(49)57-23-24)13-17-46(42,55)30(29)12-15-43(45,54)20-25;;/h6-9,18,25-30,33-34,37-40,51-52,54-55H,5,10-17,19-23H2,1-4H3;2*1H/q+1;;/p-1/t25-,26-,27-,28+,29?,30+,33?,34-,37?,38-,39-,40+,42+,43-,44?,45+,46-,48?;;/m0../s1. The van der Waals surface area contributed by atoms with Gasteiger partial charge in [-0.3, -0.25) is 9.28 Å². The van der Waals surface area contributed by atoms with Crippen molar-refractivity contribution < 1.29 is 70.5 Å². The number of benzene rings is 1. The van der Waals surface area contributed by atoms with Crippen LogP contribution < -0.4 is 21.9 Å². The number of para-hydroxylation sites is 1. The number of esters is 3. The quantitative estimate of drug-likeness (QED) is 0.184. The van der Waals surface area contributed by atoms with Crippen LogP contribution in [-0.2, 0) is 34.0 Å². The maximum Gasteiger partial charge on any atom is 0.362 e. The zero-order valence-electron chi connectivity index (χ0n) is 35.1. The summed E-state index contributed by atoms with van der Waals surface area (Å²) >= 11 is 0. The minimum atomic E-state index is -1.50. The summed E-state index contributed by atoms with van der Waals surface area (Å²) < 4.78 is 17.5. The highest BCUT2D eigenvalue weighted by atomic mass is 79.9. The number of aliphatic hydroxyl groups excluding tert-OH is 2. The summed E-state index contributed by atoms with van der Waals surface area (Å²) in [5.41, 5.74) is -1.55. The summed E-state index contributed by atoms with van der Waals surface area (Å²) in [5, 5.41) is 50.6. The molecule has 14 heteroatoms. The Bertz CT molecular complexity index is 2020. The number of ether oxygens (including phenoxy) is 3. The SMILES string of the molecule is Br.CC[C@H]1[C@@H]2CC3[C@@H]4N(C)c5ccccc5C45C[C@@H](C2[C@@H]5O)[N+]3(CC(=O)O[C@H]2CC[C@]3(C(=O)OC)C4CC[C@]5(C)[C@@H](C6=CC(=O)OC6)CC[C@]5(O)[C@@H]4CC[C@]3(O)C2)[C@@H]1O.[Br-]. The van der Waals surface area contributed by atoms with E-state index in [9.17, 15) is 34.8 Å². The van der Waals surface area contributed by atoms with Gasteiger partial charge in [0.1, 0.15) is 18.8 Å². The van der Waals surface area contributed by atoms with E-state index in [0.29, 0.717) is 38.5 Å². The van der Waals surface area contributed by atoms with Gasteiger partial charge in [-0.2, -0.15) is 0 Å². The van der Waals surface area contributed by atoms with E-state index in [-0.39, 0.29) is 130 Å². The van der Waals surface area contributed by atoms with Crippen molar-refractivity contribution >= 4 is 40.6 Å². The average Bonchev–Trinajstić information content (AvgIpc) is 3.89. The summed E-state index contributed by atoms with van der Waals surface area (Å²) in [4.78, 5) is 43.2. The number of piperidine rings is 4. The molecule has 5 bridgehead atoms.